The molecule has 1 fully saturated rings. The summed E-state index contributed by atoms with van der Waals surface area (Å²) >= 11 is 0. The van der Waals surface area contributed by atoms with E-state index >= 15 is 0 Å². The molecule has 1 heterocycles. The van der Waals surface area contributed by atoms with Gasteiger partial charge in [0.25, 0.3) is 14.2 Å². The highest BCUT2D eigenvalue weighted by Crippen LogP contribution is 2.37. The molecule has 0 bridgehead atoms. The summed E-state index contributed by atoms with van der Waals surface area (Å²) in [5.41, 5.74) is -0.0922. The second-order valence-corrected chi connectivity index (χ2v) is 6.99. The molecule has 1 aliphatic carbocycles. The number of hydrogen-bond donors (Lipinski definition) is 1. The Balaban J connectivity index is 2.31. The zero-order valence-corrected chi connectivity index (χ0v) is 10.6. The van der Waals surface area contributed by atoms with Crippen LogP contribution in [0.4, 0.5) is 0 Å². The molecular weight excluding hydrogens is 250 g/mol. The summed E-state index contributed by atoms with van der Waals surface area (Å²) < 4.78 is 22.1. The summed E-state index contributed by atoms with van der Waals surface area (Å²) in [5.74, 6) is 0.631. The molecule has 0 saturated heterocycles. The van der Waals surface area contributed by atoms with Crippen molar-refractivity contribution >= 4 is 19.7 Å². The molecule has 1 aromatic rings. The molecule has 0 radical (unpaired) electrons. The lowest BCUT2D eigenvalue weighted by Gasteiger charge is -2.30. The molecule has 5 nitrogen and oxygen atoms in total. The average Bonchev–Trinajstić information content (AvgIpc) is 2.67. The van der Waals surface area contributed by atoms with Crippen LogP contribution in [0.2, 0.25) is 0 Å². The first-order valence-corrected chi connectivity index (χ1v) is 7.60. The fraction of sp³-hybridized carbons (Fsp3) is 0.778. The summed E-state index contributed by atoms with van der Waals surface area (Å²) in [6, 6.07) is 0. The summed E-state index contributed by atoms with van der Waals surface area (Å²) in [6.45, 7) is 2.08. The SMILES string of the molecule is CC1(c2nc(S(=O)(=O)Cl)n[nH]2)CCCCC1. The number of nitrogens with zero attached hydrogens (tertiary/aromatic N) is 2. The van der Waals surface area contributed by atoms with E-state index in [-0.39, 0.29) is 10.6 Å². The van der Waals surface area contributed by atoms with Crippen molar-refractivity contribution in [1.29, 1.82) is 0 Å². The van der Waals surface area contributed by atoms with E-state index in [1.165, 1.54) is 6.42 Å². The maximum Gasteiger partial charge on any atom is 0.298 e. The lowest BCUT2D eigenvalue weighted by Crippen LogP contribution is -2.26. The second kappa shape index (κ2) is 4.00. The van der Waals surface area contributed by atoms with Crippen molar-refractivity contribution in [2.24, 2.45) is 0 Å². The number of nitrogens with one attached hydrogen (secondary N) is 1. The molecular formula is C9H14ClN3O2S. The number of H-pyrrole nitrogens is 1. The molecule has 0 atom stereocenters. The normalized spacial score (nSPS) is 20.9. The predicted molar refractivity (Wildman–Crippen MR) is 59.9 cm³/mol. The van der Waals surface area contributed by atoms with E-state index in [9.17, 15) is 8.42 Å². The fourth-order valence-corrected chi connectivity index (χ4v) is 2.76. The zero-order chi connectivity index (χ0) is 11.8. The van der Waals surface area contributed by atoms with Crippen molar-refractivity contribution < 1.29 is 8.42 Å². The summed E-state index contributed by atoms with van der Waals surface area (Å²) in [5, 5.41) is 6.03. The quantitative estimate of drug-likeness (QED) is 0.828. The Labute approximate surface area is 99.0 Å². The van der Waals surface area contributed by atoms with E-state index in [4.69, 9.17) is 10.7 Å². The van der Waals surface area contributed by atoms with E-state index in [0.29, 0.717) is 5.82 Å². The minimum atomic E-state index is -3.83. The molecule has 7 heteroatoms. The van der Waals surface area contributed by atoms with Gasteiger partial charge in [-0.2, -0.15) is 0 Å². The monoisotopic (exact) mass is 263 g/mol. The second-order valence-electron chi connectivity index (χ2n) is 4.53. The van der Waals surface area contributed by atoms with Gasteiger partial charge in [-0.25, -0.2) is 13.4 Å². The summed E-state index contributed by atoms with van der Waals surface area (Å²) in [6.07, 6.45) is 5.51. The number of halogens is 1. The molecule has 1 saturated carbocycles. The van der Waals surface area contributed by atoms with Crippen molar-refractivity contribution in [1.82, 2.24) is 15.2 Å². The number of rotatable bonds is 2. The minimum Gasteiger partial charge on any atom is -0.261 e. The summed E-state index contributed by atoms with van der Waals surface area (Å²) in [4.78, 5) is 3.99. The molecule has 1 aromatic heterocycles. The molecule has 0 spiro atoms. The topological polar surface area (TPSA) is 75.7 Å². The van der Waals surface area contributed by atoms with Gasteiger partial charge in [0, 0.05) is 16.1 Å². The predicted octanol–water partition coefficient (Wildman–Crippen LogP) is 1.95. The molecule has 0 amide bonds. The maximum absolute atomic E-state index is 11.1. The van der Waals surface area contributed by atoms with Crippen LogP contribution in [0.1, 0.15) is 44.9 Å². The van der Waals surface area contributed by atoms with E-state index < -0.39 is 9.05 Å². The van der Waals surface area contributed by atoms with Crippen LogP contribution in [0.15, 0.2) is 5.16 Å². The molecule has 2 rings (SSSR count). The molecule has 0 aromatic carbocycles. The minimum absolute atomic E-state index is 0.0922. The highest BCUT2D eigenvalue weighted by Gasteiger charge is 2.33. The van der Waals surface area contributed by atoms with Crippen molar-refractivity contribution in [2.45, 2.75) is 49.6 Å². The van der Waals surface area contributed by atoms with Gasteiger partial charge in [0.15, 0.2) is 0 Å². The van der Waals surface area contributed by atoms with Crippen LogP contribution in [0.5, 0.6) is 0 Å². The lowest BCUT2D eigenvalue weighted by atomic mass is 9.75. The number of aromatic amines is 1. The Hall–Kier alpha value is -0.620. The van der Waals surface area contributed by atoms with Gasteiger partial charge in [-0.1, -0.05) is 26.2 Å². The first-order valence-electron chi connectivity index (χ1n) is 5.29. The van der Waals surface area contributed by atoms with Crippen LogP contribution in [-0.4, -0.2) is 23.6 Å². The van der Waals surface area contributed by atoms with E-state index in [2.05, 4.69) is 22.1 Å². The van der Waals surface area contributed by atoms with Crippen molar-refractivity contribution in [3.63, 3.8) is 0 Å². The zero-order valence-electron chi connectivity index (χ0n) is 9.03. The van der Waals surface area contributed by atoms with Gasteiger partial charge in [0.2, 0.25) is 0 Å². The third-order valence-electron chi connectivity index (χ3n) is 3.21. The van der Waals surface area contributed by atoms with Crippen molar-refractivity contribution in [3.8, 4) is 0 Å². The Morgan fingerprint density at radius 1 is 1.31 bits per heavy atom. The van der Waals surface area contributed by atoms with E-state index in [0.717, 1.165) is 25.7 Å². The molecule has 90 valence electrons. The average molecular weight is 264 g/mol. The van der Waals surface area contributed by atoms with Crippen LogP contribution in [0.25, 0.3) is 0 Å². The van der Waals surface area contributed by atoms with Gasteiger partial charge in [-0.05, 0) is 12.8 Å². The largest absolute Gasteiger partial charge is 0.298 e. The third kappa shape index (κ3) is 2.22. The van der Waals surface area contributed by atoms with E-state index in [1.807, 2.05) is 0 Å². The first-order chi connectivity index (χ1) is 7.42. The van der Waals surface area contributed by atoms with E-state index in [1.54, 1.807) is 0 Å². The van der Waals surface area contributed by atoms with Crippen LogP contribution in [-0.2, 0) is 14.5 Å². The standard InChI is InChI=1S/C9H14ClN3O2S/c1-9(5-3-2-4-6-9)7-11-8(13-12-7)16(10,14)15/h2-6H2,1H3,(H,11,12,13). The van der Waals surface area contributed by atoms with Crippen LogP contribution in [0, 0.1) is 0 Å². The van der Waals surface area contributed by atoms with Crippen LogP contribution >= 0.6 is 10.7 Å². The lowest BCUT2D eigenvalue weighted by molar-refractivity contribution is 0.304. The smallest absolute Gasteiger partial charge is 0.261 e. The van der Waals surface area contributed by atoms with Crippen LogP contribution in [0.3, 0.4) is 0 Å². The Kier molecular flexibility index (Phi) is 2.96. The number of aromatic nitrogens is 3. The van der Waals surface area contributed by atoms with Gasteiger partial charge >= 0.3 is 0 Å². The third-order valence-corrected chi connectivity index (χ3v) is 4.24. The van der Waals surface area contributed by atoms with Gasteiger partial charge in [0.05, 0.1) is 0 Å². The summed E-state index contributed by atoms with van der Waals surface area (Å²) in [7, 11) is 1.35. The molecule has 1 aliphatic rings. The van der Waals surface area contributed by atoms with Crippen LogP contribution < -0.4 is 0 Å². The Morgan fingerprint density at radius 2 is 1.94 bits per heavy atom. The van der Waals surface area contributed by atoms with Gasteiger partial charge in [-0.15, -0.1) is 5.10 Å². The first kappa shape index (κ1) is 11.9. The maximum atomic E-state index is 11.1. The van der Waals surface area contributed by atoms with Gasteiger partial charge in [0.1, 0.15) is 5.82 Å². The Bertz CT molecular complexity index is 477. The molecule has 0 aliphatic heterocycles. The highest BCUT2D eigenvalue weighted by atomic mass is 35.7. The molecule has 1 N–H and O–H groups in total. The fourth-order valence-electron chi connectivity index (χ4n) is 2.19. The molecule has 16 heavy (non-hydrogen) atoms. The van der Waals surface area contributed by atoms with Crippen molar-refractivity contribution in [2.75, 3.05) is 0 Å². The van der Waals surface area contributed by atoms with Crippen molar-refractivity contribution in [3.05, 3.63) is 5.82 Å². The van der Waals surface area contributed by atoms with Gasteiger partial charge in [-0.3, -0.25) is 5.10 Å². The number of hydrogen-bond acceptors (Lipinski definition) is 4. The highest BCUT2D eigenvalue weighted by molar-refractivity contribution is 8.13. The Morgan fingerprint density at radius 3 is 2.44 bits per heavy atom. The molecule has 0 unspecified atom stereocenters. The van der Waals surface area contributed by atoms with Gasteiger partial charge < -0.3 is 0 Å².